The van der Waals surface area contributed by atoms with E-state index in [1.165, 1.54) is 31.4 Å². The van der Waals surface area contributed by atoms with Crippen LogP contribution in [0, 0.1) is 5.92 Å². The third-order valence-electron chi connectivity index (χ3n) is 4.81. The van der Waals surface area contributed by atoms with Crippen LogP contribution in [0.2, 0.25) is 0 Å². The standard InChI is InChI=1S/C22H31BN2O5S/c1-16(2)14-25(31(28,29)19-11-9-18(30-3)10-12-19)15-21(26)20(24-22(23)27)13-17-7-5-4-6-8-17/h4-12,16,20-21,26H,13-15,23H2,1-3H3,(H,24,27)/t20-,21+/m0/s1. The Kier molecular flexibility index (Phi) is 9.09. The number of nitrogens with zero attached hydrogens (tertiary/aromatic N) is 1. The van der Waals surface area contributed by atoms with Gasteiger partial charge in [-0.05, 0) is 42.2 Å². The van der Waals surface area contributed by atoms with Gasteiger partial charge in [0.25, 0.3) is 0 Å². The van der Waals surface area contributed by atoms with Crippen molar-refractivity contribution in [3.8, 4) is 5.75 Å². The predicted molar refractivity (Wildman–Crippen MR) is 124 cm³/mol. The minimum atomic E-state index is -3.85. The lowest BCUT2D eigenvalue weighted by molar-refractivity contribution is 0.106. The van der Waals surface area contributed by atoms with Crippen LogP contribution >= 0.6 is 0 Å². The summed E-state index contributed by atoms with van der Waals surface area (Å²) in [5.41, 5.74) is 0.939. The highest BCUT2D eigenvalue weighted by Gasteiger charge is 2.31. The molecule has 2 rings (SSSR count). The molecule has 2 N–H and O–H groups in total. The summed E-state index contributed by atoms with van der Waals surface area (Å²) in [5.74, 6) is 0.324. The molecular weight excluding hydrogens is 415 g/mol. The third-order valence-corrected chi connectivity index (χ3v) is 6.65. The molecule has 2 atom stereocenters. The molecule has 168 valence electrons. The average molecular weight is 446 g/mol. The van der Waals surface area contributed by atoms with Crippen molar-refractivity contribution in [2.45, 2.75) is 37.3 Å². The second kappa shape index (κ2) is 11.3. The predicted octanol–water partition coefficient (Wildman–Crippen LogP) is 1.66. The summed E-state index contributed by atoms with van der Waals surface area (Å²) in [6, 6.07) is 15.0. The van der Waals surface area contributed by atoms with E-state index in [0.717, 1.165) is 5.56 Å². The first kappa shape index (κ1) is 24.9. The van der Waals surface area contributed by atoms with Gasteiger partial charge in [-0.25, -0.2) is 8.42 Å². The first-order chi connectivity index (χ1) is 14.6. The number of aliphatic hydroxyl groups excluding tert-OH is 1. The first-order valence-electron chi connectivity index (χ1n) is 10.3. The molecule has 0 spiro atoms. The second-order valence-corrected chi connectivity index (χ2v) is 9.89. The van der Waals surface area contributed by atoms with E-state index in [-0.39, 0.29) is 29.7 Å². The van der Waals surface area contributed by atoms with E-state index in [0.29, 0.717) is 12.2 Å². The van der Waals surface area contributed by atoms with Gasteiger partial charge < -0.3 is 15.2 Å². The number of sulfonamides is 1. The van der Waals surface area contributed by atoms with Crippen LogP contribution in [0.5, 0.6) is 5.75 Å². The Morgan fingerprint density at radius 1 is 1.10 bits per heavy atom. The summed E-state index contributed by atoms with van der Waals surface area (Å²) < 4.78 is 33.0. The van der Waals surface area contributed by atoms with Crippen LogP contribution in [-0.4, -0.2) is 63.8 Å². The summed E-state index contributed by atoms with van der Waals surface area (Å²) in [6.07, 6.45) is -0.699. The van der Waals surface area contributed by atoms with Crippen molar-refractivity contribution in [1.82, 2.24) is 9.62 Å². The Balaban J connectivity index is 2.27. The van der Waals surface area contributed by atoms with Gasteiger partial charge in [-0.2, -0.15) is 4.31 Å². The molecule has 0 bridgehead atoms. The summed E-state index contributed by atoms with van der Waals surface area (Å²) in [7, 11) is -0.953. The van der Waals surface area contributed by atoms with E-state index in [1.807, 2.05) is 44.2 Å². The summed E-state index contributed by atoms with van der Waals surface area (Å²) in [6.45, 7) is 3.93. The number of hydrogen-bond donors (Lipinski definition) is 2. The number of rotatable bonds is 11. The average Bonchev–Trinajstić information content (AvgIpc) is 2.73. The van der Waals surface area contributed by atoms with Crippen molar-refractivity contribution < 1.29 is 23.1 Å². The van der Waals surface area contributed by atoms with Crippen molar-refractivity contribution in [2.24, 2.45) is 5.92 Å². The van der Waals surface area contributed by atoms with Crippen molar-refractivity contribution >= 4 is 23.7 Å². The molecule has 0 saturated heterocycles. The second-order valence-electron chi connectivity index (χ2n) is 7.96. The molecule has 0 fully saturated rings. The lowest BCUT2D eigenvalue weighted by Gasteiger charge is -2.30. The molecule has 7 nitrogen and oxygen atoms in total. The van der Waals surface area contributed by atoms with Crippen molar-refractivity contribution in [3.63, 3.8) is 0 Å². The zero-order chi connectivity index (χ0) is 23.0. The number of carbonyl (C=O) groups is 1. The van der Waals surface area contributed by atoms with Gasteiger partial charge in [0.15, 0.2) is 5.81 Å². The van der Waals surface area contributed by atoms with E-state index in [2.05, 4.69) is 5.32 Å². The fourth-order valence-corrected chi connectivity index (χ4v) is 4.94. The molecule has 2 aromatic carbocycles. The minimum absolute atomic E-state index is 0.0496. The van der Waals surface area contributed by atoms with Crippen LogP contribution < -0.4 is 10.1 Å². The molecule has 0 unspecified atom stereocenters. The molecule has 9 heteroatoms. The Bertz CT molecular complexity index is 936. The van der Waals surface area contributed by atoms with Gasteiger partial charge in [-0.1, -0.05) is 44.2 Å². The lowest BCUT2D eigenvalue weighted by atomic mass is 9.99. The summed E-state index contributed by atoms with van der Waals surface area (Å²) in [5, 5.41) is 13.7. The fraction of sp³-hybridized carbons (Fsp3) is 0.409. The monoisotopic (exact) mass is 446 g/mol. The van der Waals surface area contributed by atoms with E-state index >= 15 is 0 Å². The highest BCUT2D eigenvalue weighted by atomic mass is 32.2. The van der Waals surface area contributed by atoms with Gasteiger partial charge in [0.05, 0.1) is 24.2 Å². The highest BCUT2D eigenvalue weighted by molar-refractivity contribution is 7.89. The van der Waals surface area contributed by atoms with Crippen LogP contribution in [0.4, 0.5) is 4.79 Å². The molecule has 0 aliphatic carbocycles. The number of methoxy groups -OCH3 is 1. The zero-order valence-corrected chi connectivity index (χ0v) is 19.3. The molecule has 31 heavy (non-hydrogen) atoms. The van der Waals surface area contributed by atoms with E-state index in [1.54, 1.807) is 12.1 Å². The van der Waals surface area contributed by atoms with Crippen molar-refractivity contribution in [2.75, 3.05) is 20.2 Å². The van der Waals surface area contributed by atoms with E-state index in [9.17, 15) is 18.3 Å². The zero-order valence-electron chi connectivity index (χ0n) is 18.5. The molecule has 0 heterocycles. The maximum Gasteiger partial charge on any atom is 0.243 e. The van der Waals surface area contributed by atoms with E-state index < -0.39 is 22.2 Å². The summed E-state index contributed by atoms with van der Waals surface area (Å²) in [4.78, 5) is 11.9. The van der Waals surface area contributed by atoms with Crippen molar-refractivity contribution in [1.29, 1.82) is 0 Å². The minimum Gasteiger partial charge on any atom is -0.497 e. The number of carbonyl (C=O) groups excluding carboxylic acids is 1. The van der Waals surface area contributed by atoms with Crippen LogP contribution in [0.1, 0.15) is 19.4 Å². The molecular formula is C22H31BN2O5S. The fourth-order valence-electron chi connectivity index (χ4n) is 3.32. The van der Waals surface area contributed by atoms with Crippen molar-refractivity contribution in [3.05, 3.63) is 60.2 Å². The molecule has 0 aliphatic rings. The number of amides is 1. The quantitative estimate of drug-likeness (QED) is 0.512. The Hall–Kier alpha value is -2.36. The molecule has 2 aromatic rings. The smallest absolute Gasteiger partial charge is 0.243 e. The first-order valence-corrected chi connectivity index (χ1v) is 11.7. The van der Waals surface area contributed by atoms with Crippen LogP contribution in [0.25, 0.3) is 0 Å². The maximum atomic E-state index is 13.3. The largest absolute Gasteiger partial charge is 0.497 e. The topological polar surface area (TPSA) is 95.9 Å². The van der Waals surface area contributed by atoms with Gasteiger partial charge in [0.2, 0.25) is 17.9 Å². The highest BCUT2D eigenvalue weighted by Crippen LogP contribution is 2.21. The van der Waals surface area contributed by atoms with Gasteiger partial charge in [-0.15, -0.1) is 0 Å². The van der Waals surface area contributed by atoms with Crippen LogP contribution in [-0.2, 0) is 16.4 Å². The summed E-state index contributed by atoms with van der Waals surface area (Å²) >= 11 is 0. The molecule has 1 amide bonds. The van der Waals surface area contributed by atoms with Gasteiger partial charge in [0.1, 0.15) is 5.75 Å². The third kappa shape index (κ3) is 7.38. The SMILES string of the molecule is BC(=O)N[C@@H](Cc1ccccc1)[C@H](O)CN(CC(C)C)S(=O)(=O)c1ccc(OC)cc1. The van der Waals surface area contributed by atoms with Gasteiger partial charge >= 0.3 is 0 Å². The number of hydrogen-bond acceptors (Lipinski definition) is 5. The van der Waals surface area contributed by atoms with Crippen LogP contribution in [0.15, 0.2) is 59.5 Å². The Labute approximate surface area is 185 Å². The molecule has 0 radical (unpaired) electrons. The van der Waals surface area contributed by atoms with Gasteiger partial charge in [-0.3, -0.25) is 4.79 Å². The maximum absolute atomic E-state index is 13.3. The molecule has 0 saturated carbocycles. The normalized spacial score (nSPS) is 13.7. The van der Waals surface area contributed by atoms with Gasteiger partial charge in [0, 0.05) is 13.1 Å². The lowest BCUT2D eigenvalue weighted by Crippen LogP contribution is -2.50. The number of benzene rings is 2. The van der Waals surface area contributed by atoms with E-state index in [4.69, 9.17) is 4.74 Å². The Morgan fingerprint density at radius 3 is 2.23 bits per heavy atom. The number of nitrogens with one attached hydrogen (secondary N) is 1. The molecule has 0 aromatic heterocycles. The molecule has 0 aliphatic heterocycles. The number of aliphatic hydroxyl groups is 1. The number of ether oxygens (including phenoxy) is 1. The Morgan fingerprint density at radius 2 is 1.71 bits per heavy atom. The van der Waals surface area contributed by atoms with Crippen LogP contribution in [0.3, 0.4) is 0 Å².